The van der Waals surface area contributed by atoms with Crippen molar-refractivity contribution in [1.29, 1.82) is 0 Å². The highest BCUT2D eigenvalue weighted by Crippen LogP contribution is 2.19. The van der Waals surface area contributed by atoms with E-state index in [2.05, 4.69) is 7.05 Å². The molecule has 1 aliphatic rings. The Morgan fingerprint density at radius 1 is 1.29 bits per heavy atom. The second kappa shape index (κ2) is 5.05. The van der Waals surface area contributed by atoms with Crippen LogP contribution in [0.15, 0.2) is 18.2 Å². The minimum atomic E-state index is -0.255. The zero-order valence-electron chi connectivity index (χ0n) is 10.7. The average Bonchev–Trinajstić information content (AvgIpc) is 2.69. The van der Waals surface area contributed by atoms with Crippen LogP contribution in [0.2, 0.25) is 0 Å². The smallest absolute Gasteiger partial charge is 0.165 e. The Bertz CT molecular complexity index is 386. The number of hydrogen-bond donors (Lipinski definition) is 0. The van der Waals surface area contributed by atoms with E-state index in [1.807, 2.05) is 13.0 Å². The third-order valence-corrected chi connectivity index (χ3v) is 3.62. The fourth-order valence-electron chi connectivity index (χ4n) is 2.42. The molecule has 2 rings (SSSR count). The van der Waals surface area contributed by atoms with Crippen molar-refractivity contribution in [2.45, 2.75) is 19.8 Å². The highest BCUT2D eigenvalue weighted by atomic mass is 19.1. The minimum absolute atomic E-state index is 0.255. The van der Waals surface area contributed by atoms with Crippen molar-refractivity contribution in [3.63, 3.8) is 0 Å². The number of rotatable bonds is 4. The summed E-state index contributed by atoms with van der Waals surface area (Å²) < 4.78 is 20.1. The number of nitrogens with zero attached hydrogens (tertiary/aromatic N) is 1. The predicted octanol–water partition coefficient (Wildman–Crippen LogP) is 2.75. The second-order valence-corrected chi connectivity index (χ2v) is 5.28. The molecular weight excluding hydrogens is 217 g/mol. The van der Waals surface area contributed by atoms with E-state index in [1.165, 1.54) is 32.0 Å². The van der Waals surface area contributed by atoms with Gasteiger partial charge in [0.15, 0.2) is 11.6 Å². The van der Waals surface area contributed by atoms with Crippen LogP contribution < -0.4 is 4.74 Å². The van der Waals surface area contributed by atoms with Crippen LogP contribution in [0.25, 0.3) is 0 Å². The van der Waals surface area contributed by atoms with Gasteiger partial charge in [0.2, 0.25) is 0 Å². The molecule has 17 heavy (non-hydrogen) atoms. The van der Waals surface area contributed by atoms with Gasteiger partial charge in [-0.25, -0.2) is 4.39 Å². The quantitative estimate of drug-likeness (QED) is 0.733. The Hall–Kier alpha value is -1.09. The van der Waals surface area contributed by atoms with Crippen LogP contribution >= 0.6 is 0 Å². The van der Waals surface area contributed by atoms with Crippen LogP contribution in [0.4, 0.5) is 4.39 Å². The van der Waals surface area contributed by atoms with E-state index in [9.17, 15) is 4.39 Å². The average molecular weight is 238 g/mol. The Kier molecular flexibility index (Phi) is 3.67. The van der Waals surface area contributed by atoms with Crippen molar-refractivity contribution in [1.82, 2.24) is 0 Å². The molecule has 94 valence electrons. The molecule has 0 N–H and O–H groups in total. The molecule has 2 nitrogen and oxygen atoms in total. The summed E-state index contributed by atoms with van der Waals surface area (Å²) in [5, 5.41) is 0. The topological polar surface area (TPSA) is 9.23 Å². The summed E-state index contributed by atoms with van der Waals surface area (Å²) in [7, 11) is 2.25. The lowest BCUT2D eigenvalue weighted by Gasteiger charge is -2.28. The zero-order chi connectivity index (χ0) is 12.3. The summed E-state index contributed by atoms with van der Waals surface area (Å²) in [5.41, 5.74) is 0.924. The van der Waals surface area contributed by atoms with Gasteiger partial charge in [0.1, 0.15) is 13.2 Å². The standard InChI is InChI=1S/C14H21FNO/c1-12-5-6-14(13(15)11-12)17-10-9-16(2)7-3-4-8-16/h5-6,11H,3-4,7-10H2,1-2H3/q+1. The first kappa shape index (κ1) is 12.4. The summed E-state index contributed by atoms with van der Waals surface area (Å²) in [6.45, 7) is 5.88. The van der Waals surface area contributed by atoms with Gasteiger partial charge < -0.3 is 9.22 Å². The fourth-order valence-corrected chi connectivity index (χ4v) is 2.42. The maximum atomic E-state index is 13.5. The van der Waals surface area contributed by atoms with E-state index in [1.54, 1.807) is 6.07 Å². The normalized spacial score (nSPS) is 18.3. The number of benzene rings is 1. The summed E-state index contributed by atoms with van der Waals surface area (Å²) in [4.78, 5) is 0. The predicted molar refractivity (Wildman–Crippen MR) is 66.7 cm³/mol. The first-order valence-corrected chi connectivity index (χ1v) is 6.32. The Labute approximate surface area is 103 Å². The molecule has 0 aromatic heterocycles. The van der Waals surface area contributed by atoms with Crippen LogP contribution in [-0.4, -0.2) is 37.8 Å². The first-order valence-electron chi connectivity index (χ1n) is 6.32. The summed E-state index contributed by atoms with van der Waals surface area (Å²) in [5.74, 6) is 0.121. The van der Waals surface area contributed by atoms with Gasteiger partial charge in [-0.15, -0.1) is 0 Å². The summed E-state index contributed by atoms with van der Waals surface area (Å²) in [6.07, 6.45) is 2.60. The highest BCUT2D eigenvalue weighted by molar-refractivity contribution is 5.28. The van der Waals surface area contributed by atoms with E-state index in [0.29, 0.717) is 12.4 Å². The second-order valence-electron chi connectivity index (χ2n) is 5.28. The van der Waals surface area contributed by atoms with Crippen LogP contribution in [0, 0.1) is 12.7 Å². The van der Waals surface area contributed by atoms with Gasteiger partial charge in [0, 0.05) is 12.8 Å². The third kappa shape index (κ3) is 3.19. The molecular formula is C14H21FNO+. The van der Waals surface area contributed by atoms with Gasteiger partial charge >= 0.3 is 0 Å². The lowest BCUT2D eigenvalue weighted by Crippen LogP contribution is -2.43. The van der Waals surface area contributed by atoms with E-state index in [0.717, 1.165) is 16.6 Å². The lowest BCUT2D eigenvalue weighted by atomic mass is 10.2. The van der Waals surface area contributed by atoms with Gasteiger partial charge in [-0.1, -0.05) is 6.07 Å². The number of likely N-dealkylation sites (N-methyl/N-ethyl adjacent to an activating group) is 1. The van der Waals surface area contributed by atoms with Crippen molar-refractivity contribution < 1.29 is 13.6 Å². The number of ether oxygens (including phenoxy) is 1. The van der Waals surface area contributed by atoms with Gasteiger partial charge in [-0.3, -0.25) is 0 Å². The maximum Gasteiger partial charge on any atom is 0.165 e. The van der Waals surface area contributed by atoms with Crippen LogP contribution in [0.1, 0.15) is 18.4 Å². The van der Waals surface area contributed by atoms with Crippen LogP contribution in [-0.2, 0) is 0 Å². The fraction of sp³-hybridized carbons (Fsp3) is 0.571. The lowest BCUT2D eigenvalue weighted by molar-refractivity contribution is -0.897. The highest BCUT2D eigenvalue weighted by Gasteiger charge is 2.26. The molecule has 1 fully saturated rings. The maximum absolute atomic E-state index is 13.5. The van der Waals surface area contributed by atoms with E-state index < -0.39 is 0 Å². The molecule has 0 bridgehead atoms. The zero-order valence-corrected chi connectivity index (χ0v) is 10.7. The first-order chi connectivity index (χ1) is 8.09. The van der Waals surface area contributed by atoms with Crippen molar-refractivity contribution >= 4 is 0 Å². The molecule has 3 heteroatoms. The Balaban J connectivity index is 1.85. The van der Waals surface area contributed by atoms with Crippen LogP contribution in [0.3, 0.4) is 0 Å². The third-order valence-electron chi connectivity index (χ3n) is 3.62. The molecule has 1 aliphatic heterocycles. The number of quaternary nitrogens is 1. The van der Waals surface area contributed by atoms with Crippen molar-refractivity contribution in [3.05, 3.63) is 29.6 Å². The monoisotopic (exact) mass is 238 g/mol. The molecule has 0 aliphatic carbocycles. The molecule has 0 saturated carbocycles. The largest absolute Gasteiger partial charge is 0.485 e. The van der Waals surface area contributed by atoms with Gasteiger partial charge in [0.25, 0.3) is 0 Å². The van der Waals surface area contributed by atoms with E-state index in [-0.39, 0.29) is 5.82 Å². The molecule has 0 unspecified atom stereocenters. The Morgan fingerprint density at radius 3 is 2.65 bits per heavy atom. The summed E-state index contributed by atoms with van der Waals surface area (Å²) >= 11 is 0. The van der Waals surface area contributed by atoms with E-state index >= 15 is 0 Å². The van der Waals surface area contributed by atoms with Crippen molar-refractivity contribution in [2.75, 3.05) is 33.3 Å². The molecule has 0 radical (unpaired) electrons. The number of aryl methyl sites for hydroxylation is 1. The molecule has 1 saturated heterocycles. The van der Waals surface area contributed by atoms with Gasteiger partial charge in [-0.2, -0.15) is 0 Å². The molecule has 0 atom stereocenters. The van der Waals surface area contributed by atoms with E-state index in [4.69, 9.17) is 4.74 Å². The number of hydrogen-bond acceptors (Lipinski definition) is 1. The SMILES string of the molecule is Cc1ccc(OCC[N+]2(C)CCCC2)c(F)c1. The Morgan fingerprint density at radius 2 is 2.00 bits per heavy atom. The van der Waals surface area contributed by atoms with Crippen molar-refractivity contribution in [3.8, 4) is 5.75 Å². The number of likely N-dealkylation sites (tertiary alicyclic amines) is 1. The van der Waals surface area contributed by atoms with Crippen LogP contribution in [0.5, 0.6) is 5.75 Å². The molecule has 1 heterocycles. The molecule has 1 aromatic rings. The molecule has 1 aromatic carbocycles. The van der Waals surface area contributed by atoms with Gasteiger partial charge in [0.05, 0.1) is 20.1 Å². The van der Waals surface area contributed by atoms with Gasteiger partial charge in [-0.05, 0) is 24.6 Å². The molecule has 0 spiro atoms. The number of halogens is 1. The summed E-state index contributed by atoms with van der Waals surface area (Å²) in [6, 6.07) is 5.11. The minimum Gasteiger partial charge on any atom is -0.485 e. The van der Waals surface area contributed by atoms with Crippen molar-refractivity contribution in [2.24, 2.45) is 0 Å². The molecule has 0 amide bonds.